The van der Waals surface area contributed by atoms with Gasteiger partial charge in [-0.05, 0) is 51.5 Å². The molecule has 3 rings (SSSR count). The predicted octanol–water partition coefficient (Wildman–Crippen LogP) is 1.63. The second-order valence-corrected chi connectivity index (χ2v) is 6.35. The van der Waals surface area contributed by atoms with Crippen molar-refractivity contribution in [1.82, 2.24) is 10.2 Å². The maximum Gasteiger partial charge on any atom is 0.0647 e. The number of rotatable bonds is 2. The van der Waals surface area contributed by atoms with E-state index in [1.807, 2.05) is 0 Å². The lowest BCUT2D eigenvalue weighted by atomic mass is 9.91. The summed E-state index contributed by atoms with van der Waals surface area (Å²) in [4.78, 5) is 2.72. The molecule has 0 amide bonds. The van der Waals surface area contributed by atoms with Crippen LogP contribution in [-0.4, -0.2) is 49.3 Å². The van der Waals surface area contributed by atoms with Crippen LogP contribution in [0.15, 0.2) is 0 Å². The van der Waals surface area contributed by atoms with Crippen molar-refractivity contribution in [2.24, 2.45) is 5.92 Å². The van der Waals surface area contributed by atoms with Gasteiger partial charge >= 0.3 is 0 Å². The highest BCUT2D eigenvalue weighted by Gasteiger charge is 2.39. The third-order valence-electron chi connectivity index (χ3n) is 4.80. The van der Waals surface area contributed by atoms with Gasteiger partial charge in [0.05, 0.1) is 6.61 Å². The zero-order valence-corrected chi connectivity index (χ0v) is 11.1. The molecule has 98 valence electrons. The summed E-state index contributed by atoms with van der Waals surface area (Å²) < 4.78 is 5.73. The molecular weight excluding hydrogens is 212 g/mol. The fourth-order valence-electron chi connectivity index (χ4n) is 3.42. The summed E-state index contributed by atoms with van der Waals surface area (Å²) in [6, 6.07) is 0.747. The van der Waals surface area contributed by atoms with E-state index in [0.29, 0.717) is 5.54 Å². The second kappa shape index (κ2) is 4.87. The Hall–Kier alpha value is -0.120. The summed E-state index contributed by atoms with van der Waals surface area (Å²) in [5.74, 6) is 0.962. The van der Waals surface area contributed by atoms with E-state index in [-0.39, 0.29) is 0 Å². The Kier molecular flexibility index (Phi) is 3.42. The molecule has 0 bridgehead atoms. The van der Waals surface area contributed by atoms with E-state index in [1.165, 1.54) is 51.7 Å². The zero-order valence-electron chi connectivity index (χ0n) is 11.1. The molecule has 0 aromatic heterocycles. The van der Waals surface area contributed by atoms with Crippen LogP contribution < -0.4 is 5.32 Å². The molecule has 2 atom stereocenters. The standard InChI is InChI=1S/C14H26N2O/c1-14(6-2-9-17-11-14)16-8-3-7-15-13(10-16)12-4-5-12/h12-13,15H,2-11H2,1H3. The average Bonchev–Trinajstić information content (AvgIpc) is 3.16. The first-order chi connectivity index (χ1) is 8.28. The highest BCUT2D eigenvalue weighted by Crippen LogP contribution is 2.35. The number of nitrogens with one attached hydrogen (secondary N) is 1. The minimum Gasteiger partial charge on any atom is -0.380 e. The van der Waals surface area contributed by atoms with Gasteiger partial charge < -0.3 is 10.1 Å². The van der Waals surface area contributed by atoms with Crippen LogP contribution in [0.3, 0.4) is 0 Å². The van der Waals surface area contributed by atoms with Gasteiger partial charge in [-0.2, -0.15) is 0 Å². The van der Waals surface area contributed by atoms with Crippen LogP contribution >= 0.6 is 0 Å². The Morgan fingerprint density at radius 3 is 2.88 bits per heavy atom. The van der Waals surface area contributed by atoms with E-state index in [0.717, 1.165) is 25.2 Å². The van der Waals surface area contributed by atoms with Crippen LogP contribution in [0.1, 0.15) is 39.0 Å². The Bertz CT molecular complexity index is 259. The van der Waals surface area contributed by atoms with Crippen molar-refractivity contribution in [3.63, 3.8) is 0 Å². The van der Waals surface area contributed by atoms with Gasteiger partial charge in [-0.1, -0.05) is 0 Å². The van der Waals surface area contributed by atoms with Crippen LogP contribution in [0.4, 0.5) is 0 Å². The van der Waals surface area contributed by atoms with Crippen molar-refractivity contribution in [1.29, 1.82) is 0 Å². The lowest BCUT2D eigenvalue weighted by molar-refractivity contribution is -0.0408. The molecule has 2 heterocycles. The van der Waals surface area contributed by atoms with Crippen molar-refractivity contribution in [3.8, 4) is 0 Å². The molecule has 0 spiro atoms. The van der Waals surface area contributed by atoms with E-state index >= 15 is 0 Å². The first kappa shape index (κ1) is 11.9. The van der Waals surface area contributed by atoms with Gasteiger partial charge in [0.2, 0.25) is 0 Å². The van der Waals surface area contributed by atoms with Crippen molar-refractivity contribution >= 4 is 0 Å². The first-order valence-electron chi connectivity index (χ1n) is 7.34. The molecule has 3 heteroatoms. The Morgan fingerprint density at radius 2 is 2.18 bits per heavy atom. The molecule has 2 aliphatic heterocycles. The van der Waals surface area contributed by atoms with E-state index in [9.17, 15) is 0 Å². The molecule has 1 saturated carbocycles. The summed E-state index contributed by atoms with van der Waals surface area (Å²) in [5, 5.41) is 3.75. The van der Waals surface area contributed by atoms with Gasteiger partial charge in [0.15, 0.2) is 0 Å². The van der Waals surface area contributed by atoms with Gasteiger partial charge in [-0.25, -0.2) is 0 Å². The topological polar surface area (TPSA) is 24.5 Å². The normalized spacial score (nSPS) is 41.1. The van der Waals surface area contributed by atoms with E-state index in [4.69, 9.17) is 4.74 Å². The lowest BCUT2D eigenvalue weighted by Crippen LogP contribution is -2.54. The van der Waals surface area contributed by atoms with Crippen LogP contribution in [-0.2, 0) is 4.74 Å². The van der Waals surface area contributed by atoms with Crippen LogP contribution in [0.25, 0.3) is 0 Å². The van der Waals surface area contributed by atoms with Crippen molar-refractivity contribution in [2.75, 3.05) is 32.8 Å². The third-order valence-corrected chi connectivity index (χ3v) is 4.80. The summed E-state index contributed by atoms with van der Waals surface area (Å²) in [7, 11) is 0. The molecule has 17 heavy (non-hydrogen) atoms. The zero-order chi connectivity index (χ0) is 11.7. The molecule has 3 aliphatic rings. The fourth-order valence-corrected chi connectivity index (χ4v) is 3.42. The van der Waals surface area contributed by atoms with Crippen LogP contribution in [0.5, 0.6) is 0 Å². The first-order valence-corrected chi connectivity index (χ1v) is 7.34. The molecule has 2 saturated heterocycles. The summed E-state index contributed by atoms with van der Waals surface area (Å²) in [6.07, 6.45) is 6.72. The number of hydrogen-bond donors (Lipinski definition) is 1. The van der Waals surface area contributed by atoms with Crippen LogP contribution in [0.2, 0.25) is 0 Å². The highest BCUT2D eigenvalue weighted by atomic mass is 16.5. The molecule has 3 nitrogen and oxygen atoms in total. The molecule has 1 aliphatic carbocycles. The van der Waals surface area contributed by atoms with E-state index < -0.39 is 0 Å². The number of ether oxygens (including phenoxy) is 1. The van der Waals surface area contributed by atoms with Gasteiger partial charge in [0.1, 0.15) is 0 Å². The van der Waals surface area contributed by atoms with E-state index in [1.54, 1.807) is 0 Å². The van der Waals surface area contributed by atoms with Crippen LogP contribution in [0, 0.1) is 5.92 Å². The Labute approximate surface area is 105 Å². The molecule has 1 N–H and O–H groups in total. The smallest absolute Gasteiger partial charge is 0.0647 e. The van der Waals surface area contributed by atoms with Crippen molar-refractivity contribution < 1.29 is 4.74 Å². The van der Waals surface area contributed by atoms with Crippen molar-refractivity contribution in [3.05, 3.63) is 0 Å². The van der Waals surface area contributed by atoms with Crippen molar-refractivity contribution in [2.45, 2.75) is 50.6 Å². The maximum absolute atomic E-state index is 5.73. The molecular formula is C14H26N2O. The SMILES string of the molecule is CC1(N2CCCNC(C3CC3)C2)CCCOC1. The molecule has 0 aromatic carbocycles. The monoisotopic (exact) mass is 238 g/mol. The fraction of sp³-hybridized carbons (Fsp3) is 1.00. The van der Waals surface area contributed by atoms with Gasteiger partial charge in [-0.3, -0.25) is 4.90 Å². The molecule has 0 radical (unpaired) electrons. The second-order valence-electron chi connectivity index (χ2n) is 6.35. The number of hydrogen-bond acceptors (Lipinski definition) is 3. The van der Waals surface area contributed by atoms with Gasteiger partial charge in [0.25, 0.3) is 0 Å². The Balaban J connectivity index is 1.66. The maximum atomic E-state index is 5.73. The van der Waals surface area contributed by atoms with Gasteiger partial charge in [0, 0.05) is 31.3 Å². The molecule has 3 fully saturated rings. The summed E-state index contributed by atoms with van der Waals surface area (Å²) >= 11 is 0. The predicted molar refractivity (Wildman–Crippen MR) is 69.2 cm³/mol. The largest absolute Gasteiger partial charge is 0.380 e. The highest BCUT2D eigenvalue weighted by molar-refractivity contribution is 4.96. The number of nitrogens with zero attached hydrogens (tertiary/aromatic N) is 1. The average molecular weight is 238 g/mol. The van der Waals surface area contributed by atoms with Gasteiger partial charge in [-0.15, -0.1) is 0 Å². The summed E-state index contributed by atoms with van der Waals surface area (Å²) in [5.41, 5.74) is 0.303. The lowest BCUT2D eigenvalue weighted by Gasteiger charge is -2.44. The summed E-state index contributed by atoms with van der Waals surface area (Å²) in [6.45, 7) is 7.99. The molecule has 0 aromatic rings. The minimum absolute atomic E-state index is 0.303. The van der Waals surface area contributed by atoms with E-state index in [2.05, 4.69) is 17.1 Å². The Morgan fingerprint density at radius 1 is 1.29 bits per heavy atom. The third kappa shape index (κ3) is 2.67. The molecule has 2 unspecified atom stereocenters. The minimum atomic E-state index is 0.303. The quantitative estimate of drug-likeness (QED) is 0.791.